The lowest BCUT2D eigenvalue weighted by Crippen LogP contribution is -2.34. The van der Waals surface area contributed by atoms with Crippen molar-refractivity contribution in [3.63, 3.8) is 0 Å². The van der Waals surface area contributed by atoms with Crippen molar-refractivity contribution in [1.29, 1.82) is 0 Å². The molecule has 3 heterocycles. The molecule has 0 aliphatic rings. The molecule has 22 heavy (non-hydrogen) atoms. The summed E-state index contributed by atoms with van der Waals surface area (Å²) in [6.07, 6.45) is 3.63. The van der Waals surface area contributed by atoms with E-state index in [-0.39, 0.29) is 0 Å². The molecule has 0 aromatic carbocycles. The van der Waals surface area contributed by atoms with Crippen LogP contribution in [-0.4, -0.2) is 21.6 Å². The Morgan fingerprint density at radius 3 is 2.86 bits per heavy atom. The molecule has 0 aliphatic carbocycles. The van der Waals surface area contributed by atoms with Gasteiger partial charge in [-0.1, -0.05) is 12.1 Å². The second-order valence-electron chi connectivity index (χ2n) is 5.20. The molecule has 0 fully saturated rings. The number of nitrogens with zero attached hydrogens (tertiary/aromatic N) is 2. The lowest BCUT2D eigenvalue weighted by Gasteiger charge is -2.22. The molecule has 6 heteroatoms. The van der Waals surface area contributed by atoms with E-state index >= 15 is 0 Å². The first kappa shape index (κ1) is 15.3. The topological polar surface area (TPSA) is 58.0 Å². The van der Waals surface area contributed by atoms with Gasteiger partial charge in [0, 0.05) is 35.2 Å². The largest absolute Gasteiger partial charge is 0.383 e. The van der Waals surface area contributed by atoms with E-state index in [0.717, 1.165) is 20.5 Å². The van der Waals surface area contributed by atoms with Crippen molar-refractivity contribution >= 4 is 22.7 Å². The number of aliphatic hydroxyl groups is 1. The number of hydrogen-bond acceptors (Lipinski definition) is 6. The molecule has 3 aromatic heterocycles. The minimum absolute atomic E-state index is 0.504. The van der Waals surface area contributed by atoms with Gasteiger partial charge in [0.1, 0.15) is 10.6 Å². The standard InChI is InChI=1S/C16H17N3OS2/c1-16(20,14-6-4-8-21-14)11-17-9-12-10-19-15(22-12)13-5-2-3-7-18-13/h2-8,10,17,20H,9,11H2,1H3. The normalized spacial score (nSPS) is 13.9. The van der Waals surface area contributed by atoms with Gasteiger partial charge in [0.2, 0.25) is 0 Å². The van der Waals surface area contributed by atoms with Gasteiger partial charge in [0.25, 0.3) is 0 Å². The maximum Gasteiger partial charge on any atom is 0.142 e. The van der Waals surface area contributed by atoms with Gasteiger partial charge in [-0.15, -0.1) is 22.7 Å². The summed E-state index contributed by atoms with van der Waals surface area (Å²) in [6, 6.07) is 9.72. The smallest absolute Gasteiger partial charge is 0.142 e. The zero-order valence-corrected chi connectivity index (χ0v) is 13.8. The summed E-state index contributed by atoms with van der Waals surface area (Å²) in [5.41, 5.74) is 0.0483. The van der Waals surface area contributed by atoms with E-state index in [9.17, 15) is 5.11 Å². The highest BCUT2D eigenvalue weighted by Gasteiger charge is 2.23. The van der Waals surface area contributed by atoms with Crippen LogP contribution in [0, 0.1) is 0 Å². The second kappa shape index (κ2) is 6.66. The van der Waals surface area contributed by atoms with Crippen LogP contribution in [0.5, 0.6) is 0 Å². The Hall–Kier alpha value is -1.60. The molecule has 0 bridgehead atoms. The van der Waals surface area contributed by atoms with Gasteiger partial charge in [-0.25, -0.2) is 4.98 Å². The fraction of sp³-hybridized carbons (Fsp3) is 0.250. The van der Waals surface area contributed by atoms with Gasteiger partial charge in [-0.2, -0.15) is 0 Å². The zero-order chi connectivity index (χ0) is 15.4. The van der Waals surface area contributed by atoms with E-state index in [1.165, 1.54) is 0 Å². The number of thiophene rings is 1. The Kier molecular flexibility index (Phi) is 4.63. The zero-order valence-electron chi connectivity index (χ0n) is 12.2. The maximum absolute atomic E-state index is 10.5. The fourth-order valence-corrected chi connectivity index (χ4v) is 3.74. The van der Waals surface area contributed by atoms with E-state index in [1.54, 1.807) is 28.9 Å². The van der Waals surface area contributed by atoms with Crippen molar-refractivity contribution < 1.29 is 5.11 Å². The average molecular weight is 331 g/mol. The van der Waals surface area contributed by atoms with Crippen LogP contribution in [0.15, 0.2) is 48.1 Å². The number of pyridine rings is 1. The van der Waals surface area contributed by atoms with Crippen LogP contribution >= 0.6 is 22.7 Å². The van der Waals surface area contributed by atoms with E-state index < -0.39 is 5.60 Å². The molecular weight excluding hydrogens is 314 g/mol. The van der Waals surface area contributed by atoms with Gasteiger partial charge < -0.3 is 10.4 Å². The summed E-state index contributed by atoms with van der Waals surface area (Å²) < 4.78 is 0. The molecule has 0 radical (unpaired) electrons. The fourth-order valence-electron chi connectivity index (χ4n) is 2.10. The molecule has 0 saturated carbocycles. The summed E-state index contributed by atoms with van der Waals surface area (Å²) in [6.45, 7) is 3.02. The molecule has 1 unspecified atom stereocenters. The molecule has 2 N–H and O–H groups in total. The highest BCUT2D eigenvalue weighted by atomic mass is 32.1. The maximum atomic E-state index is 10.5. The summed E-state index contributed by atoms with van der Waals surface area (Å²) in [5, 5.41) is 16.7. The first-order chi connectivity index (χ1) is 10.6. The van der Waals surface area contributed by atoms with Crippen LogP contribution in [0.1, 0.15) is 16.7 Å². The average Bonchev–Trinajstić information content (AvgIpc) is 3.20. The predicted octanol–water partition coefficient (Wildman–Crippen LogP) is 3.26. The minimum Gasteiger partial charge on any atom is -0.383 e. The molecule has 114 valence electrons. The molecular formula is C16H17N3OS2. The minimum atomic E-state index is -0.845. The third-order valence-corrected chi connectivity index (χ3v) is 5.40. The summed E-state index contributed by atoms with van der Waals surface area (Å²) in [4.78, 5) is 10.8. The van der Waals surface area contributed by atoms with E-state index in [2.05, 4.69) is 15.3 Å². The number of thiazole rings is 1. The third kappa shape index (κ3) is 3.59. The summed E-state index contributed by atoms with van der Waals surface area (Å²) in [7, 11) is 0. The first-order valence-electron chi connectivity index (χ1n) is 6.98. The van der Waals surface area contributed by atoms with Gasteiger partial charge in [0.05, 0.1) is 5.69 Å². The number of hydrogen-bond donors (Lipinski definition) is 2. The van der Waals surface area contributed by atoms with E-state index in [1.807, 2.05) is 48.8 Å². The number of aromatic nitrogens is 2. The highest BCUT2D eigenvalue weighted by Crippen LogP contribution is 2.25. The summed E-state index contributed by atoms with van der Waals surface area (Å²) >= 11 is 3.19. The van der Waals surface area contributed by atoms with Crippen molar-refractivity contribution in [2.45, 2.75) is 19.1 Å². The van der Waals surface area contributed by atoms with Crippen LogP contribution in [0.25, 0.3) is 10.7 Å². The van der Waals surface area contributed by atoms with Gasteiger partial charge in [-0.05, 0) is 30.5 Å². The summed E-state index contributed by atoms with van der Waals surface area (Å²) in [5.74, 6) is 0. The van der Waals surface area contributed by atoms with Gasteiger partial charge in [0.15, 0.2) is 0 Å². The highest BCUT2D eigenvalue weighted by molar-refractivity contribution is 7.15. The molecule has 0 saturated heterocycles. The Bertz CT molecular complexity index is 708. The Labute approximate surface area is 137 Å². The Balaban J connectivity index is 1.58. The van der Waals surface area contributed by atoms with Crippen molar-refractivity contribution in [2.75, 3.05) is 6.54 Å². The molecule has 4 nitrogen and oxygen atoms in total. The second-order valence-corrected chi connectivity index (χ2v) is 7.26. The number of rotatable bonds is 6. The molecule has 0 aliphatic heterocycles. The molecule has 0 amide bonds. The van der Waals surface area contributed by atoms with E-state index in [4.69, 9.17) is 0 Å². The monoisotopic (exact) mass is 331 g/mol. The molecule has 0 spiro atoms. The van der Waals surface area contributed by atoms with Crippen LogP contribution in [0.2, 0.25) is 0 Å². The van der Waals surface area contributed by atoms with Crippen LogP contribution < -0.4 is 5.32 Å². The lowest BCUT2D eigenvalue weighted by atomic mass is 10.1. The van der Waals surface area contributed by atoms with Crippen molar-refractivity contribution in [1.82, 2.24) is 15.3 Å². The van der Waals surface area contributed by atoms with Crippen molar-refractivity contribution in [3.05, 3.63) is 57.9 Å². The van der Waals surface area contributed by atoms with Crippen LogP contribution in [0.4, 0.5) is 0 Å². The van der Waals surface area contributed by atoms with Gasteiger partial charge >= 0.3 is 0 Å². The third-order valence-electron chi connectivity index (χ3n) is 3.26. The first-order valence-corrected chi connectivity index (χ1v) is 8.68. The van der Waals surface area contributed by atoms with Crippen LogP contribution in [-0.2, 0) is 12.1 Å². The number of nitrogens with one attached hydrogen (secondary N) is 1. The quantitative estimate of drug-likeness (QED) is 0.728. The molecule has 3 rings (SSSR count). The SMILES string of the molecule is CC(O)(CNCc1cnc(-c2ccccn2)s1)c1cccs1. The van der Waals surface area contributed by atoms with Crippen molar-refractivity contribution in [3.8, 4) is 10.7 Å². The Morgan fingerprint density at radius 1 is 1.23 bits per heavy atom. The van der Waals surface area contributed by atoms with Crippen LogP contribution in [0.3, 0.4) is 0 Å². The van der Waals surface area contributed by atoms with Gasteiger partial charge in [-0.3, -0.25) is 4.98 Å². The lowest BCUT2D eigenvalue weighted by molar-refractivity contribution is 0.0605. The van der Waals surface area contributed by atoms with Crippen molar-refractivity contribution in [2.24, 2.45) is 0 Å². The molecule has 3 aromatic rings. The molecule has 1 atom stereocenters. The Morgan fingerprint density at radius 2 is 2.14 bits per heavy atom. The van der Waals surface area contributed by atoms with E-state index in [0.29, 0.717) is 13.1 Å². The predicted molar refractivity (Wildman–Crippen MR) is 90.9 cm³/mol.